The van der Waals surface area contributed by atoms with Crippen molar-refractivity contribution in [1.82, 2.24) is 4.90 Å². The fourth-order valence-corrected chi connectivity index (χ4v) is 3.50. The van der Waals surface area contributed by atoms with Gasteiger partial charge in [-0.3, -0.25) is 4.90 Å². The van der Waals surface area contributed by atoms with Gasteiger partial charge in [-0.1, -0.05) is 54.0 Å². The Hall–Kier alpha value is -1.40. The van der Waals surface area contributed by atoms with Gasteiger partial charge in [-0.25, -0.2) is 0 Å². The average molecular weight is 434 g/mol. The van der Waals surface area contributed by atoms with Gasteiger partial charge in [-0.05, 0) is 41.3 Å². The lowest BCUT2D eigenvalue weighted by Gasteiger charge is -2.34. The monoisotopic (exact) mass is 433 g/mol. The van der Waals surface area contributed by atoms with Gasteiger partial charge in [-0.15, -0.1) is 0 Å². The first-order chi connectivity index (χ1) is 13.0. The van der Waals surface area contributed by atoms with Crippen molar-refractivity contribution in [2.24, 2.45) is 0 Å². The molecule has 5 heteroatoms. The number of nitrogens with zero attached hydrogens (tertiary/aromatic N) is 1. The molecule has 0 spiro atoms. The van der Waals surface area contributed by atoms with E-state index in [9.17, 15) is 5.11 Å². The van der Waals surface area contributed by atoms with Crippen molar-refractivity contribution >= 4 is 15.9 Å². The molecule has 1 saturated heterocycles. The second kappa shape index (κ2) is 9.69. The molecule has 2 atom stereocenters. The zero-order valence-corrected chi connectivity index (χ0v) is 17.6. The van der Waals surface area contributed by atoms with E-state index >= 15 is 0 Å². The summed E-state index contributed by atoms with van der Waals surface area (Å²) in [6, 6.07) is 16.3. The van der Waals surface area contributed by atoms with Crippen LogP contribution < -0.4 is 4.74 Å². The van der Waals surface area contributed by atoms with E-state index in [1.807, 2.05) is 24.3 Å². The Labute approximate surface area is 170 Å². The molecule has 2 unspecified atom stereocenters. The minimum Gasteiger partial charge on any atom is -0.491 e. The molecule has 0 amide bonds. The van der Waals surface area contributed by atoms with E-state index in [4.69, 9.17) is 9.47 Å². The number of halogens is 1. The summed E-state index contributed by atoms with van der Waals surface area (Å²) in [5.41, 5.74) is 2.45. The van der Waals surface area contributed by atoms with Gasteiger partial charge in [0.2, 0.25) is 0 Å². The fraction of sp³-hybridized carbons (Fsp3) is 0.455. The highest BCUT2D eigenvalue weighted by molar-refractivity contribution is 9.10. The molecule has 1 fully saturated rings. The second-order valence-corrected chi connectivity index (χ2v) is 8.27. The summed E-state index contributed by atoms with van der Waals surface area (Å²) in [5, 5.41) is 10.4. The molecule has 3 rings (SSSR count). The van der Waals surface area contributed by atoms with Gasteiger partial charge in [0, 0.05) is 24.1 Å². The summed E-state index contributed by atoms with van der Waals surface area (Å²) in [6.07, 6.45) is -0.484. The van der Waals surface area contributed by atoms with Crippen LogP contribution in [0.1, 0.15) is 37.0 Å². The first kappa shape index (κ1) is 20.3. The number of aliphatic hydroxyl groups excluding tert-OH is 1. The third kappa shape index (κ3) is 6.04. The van der Waals surface area contributed by atoms with Crippen LogP contribution in [0.3, 0.4) is 0 Å². The Morgan fingerprint density at radius 2 is 1.85 bits per heavy atom. The Balaban J connectivity index is 1.47. The molecule has 146 valence electrons. The highest BCUT2D eigenvalue weighted by atomic mass is 79.9. The van der Waals surface area contributed by atoms with E-state index in [-0.39, 0.29) is 6.10 Å². The quantitative estimate of drug-likeness (QED) is 0.702. The smallest absolute Gasteiger partial charge is 0.119 e. The number of aliphatic hydroxyl groups is 1. The summed E-state index contributed by atoms with van der Waals surface area (Å²) in [5.74, 6) is 1.30. The second-order valence-electron chi connectivity index (χ2n) is 7.36. The molecule has 0 aliphatic carbocycles. The van der Waals surface area contributed by atoms with Crippen LogP contribution in [0.25, 0.3) is 0 Å². The van der Waals surface area contributed by atoms with Crippen LogP contribution in [0.2, 0.25) is 0 Å². The van der Waals surface area contributed by atoms with Gasteiger partial charge in [-0.2, -0.15) is 0 Å². The minimum atomic E-state index is -0.529. The molecule has 0 radical (unpaired) electrons. The topological polar surface area (TPSA) is 41.9 Å². The largest absolute Gasteiger partial charge is 0.491 e. The van der Waals surface area contributed by atoms with Crippen molar-refractivity contribution in [3.05, 3.63) is 64.1 Å². The van der Waals surface area contributed by atoms with Gasteiger partial charge in [0.05, 0.1) is 12.7 Å². The van der Waals surface area contributed by atoms with Crippen molar-refractivity contribution in [3.8, 4) is 5.75 Å². The number of ether oxygens (including phenoxy) is 2. The molecule has 1 aliphatic rings. The zero-order valence-electron chi connectivity index (χ0n) is 16.0. The highest BCUT2D eigenvalue weighted by Gasteiger charge is 2.23. The lowest BCUT2D eigenvalue weighted by molar-refractivity contribution is -0.0459. The predicted octanol–water partition coefficient (Wildman–Crippen LogP) is 4.39. The van der Waals surface area contributed by atoms with Crippen molar-refractivity contribution < 1.29 is 14.6 Å². The van der Waals surface area contributed by atoms with Crippen molar-refractivity contribution in [1.29, 1.82) is 0 Å². The Bertz CT molecular complexity index is 703. The normalized spacial score (nSPS) is 19.2. The van der Waals surface area contributed by atoms with Crippen molar-refractivity contribution in [3.63, 3.8) is 0 Å². The van der Waals surface area contributed by atoms with Gasteiger partial charge < -0.3 is 14.6 Å². The molecule has 1 N–H and O–H groups in total. The van der Waals surface area contributed by atoms with E-state index in [0.717, 1.165) is 23.3 Å². The maximum Gasteiger partial charge on any atom is 0.119 e. The Morgan fingerprint density at radius 1 is 1.15 bits per heavy atom. The van der Waals surface area contributed by atoms with E-state index < -0.39 is 6.10 Å². The van der Waals surface area contributed by atoms with E-state index in [2.05, 4.69) is 58.9 Å². The number of hydrogen-bond acceptors (Lipinski definition) is 4. The van der Waals surface area contributed by atoms with E-state index in [1.54, 1.807) is 0 Å². The molecule has 0 bridgehead atoms. The highest BCUT2D eigenvalue weighted by Crippen LogP contribution is 2.24. The molecular formula is C22H28BrNO3. The average Bonchev–Trinajstić information content (AvgIpc) is 2.67. The lowest BCUT2D eigenvalue weighted by Crippen LogP contribution is -2.43. The zero-order chi connectivity index (χ0) is 19.2. The predicted molar refractivity (Wildman–Crippen MR) is 111 cm³/mol. The third-order valence-corrected chi connectivity index (χ3v) is 5.38. The number of morpholine rings is 1. The molecule has 1 heterocycles. The first-order valence-electron chi connectivity index (χ1n) is 9.51. The summed E-state index contributed by atoms with van der Waals surface area (Å²) in [7, 11) is 0. The summed E-state index contributed by atoms with van der Waals surface area (Å²) in [6.45, 7) is 7.49. The van der Waals surface area contributed by atoms with Crippen molar-refractivity contribution in [2.45, 2.75) is 32.0 Å². The molecule has 4 nitrogen and oxygen atoms in total. The minimum absolute atomic E-state index is 0.0450. The fourth-order valence-electron chi connectivity index (χ4n) is 3.24. The molecular weight excluding hydrogens is 406 g/mol. The Kier molecular flexibility index (Phi) is 7.30. The molecule has 1 aliphatic heterocycles. The van der Waals surface area contributed by atoms with Crippen LogP contribution >= 0.6 is 15.9 Å². The number of β-amino-alcohol motifs (C(OH)–C–C–N with tert-alkyl or cyclic N) is 1. The Morgan fingerprint density at radius 3 is 2.52 bits per heavy atom. The molecule has 2 aromatic rings. The summed E-state index contributed by atoms with van der Waals surface area (Å²) in [4.78, 5) is 2.24. The lowest BCUT2D eigenvalue weighted by atomic mass is 10.0. The molecule has 0 aromatic heterocycles. The first-order valence-corrected chi connectivity index (χ1v) is 10.3. The maximum atomic E-state index is 10.4. The van der Waals surface area contributed by atoms with Crippen LogP contribution in [0.15, 0.2) is 53.0 Å². The molecule has 27 heavy (non-hydrogen) atoms. The van der Waals surface area contributed by atoms with Gasteiger partial charge in [0.25, 0.3) is 0 Å². The van der Waals surface area contributed by atoms with Gasteiger partial charge >= 0.3 is 0 Å². The van der Waals surface area contributed by atoms with E-state index in [1.165, 1.54) is 11.1 Å². The van der Waals surface area contributed by atoms with Crippen LogP contribution in [-0.2, 0) is 4.74 Å². The van der Waals surface area contributed by atoms with Gasteiger partial charge in [0.15, 0.2) is 0 Å². The van der Waals surface area contributed by atoms with Crippen LogP contribution in [0.5, 0.6) is 5.75 Å². The number of benzene rings is 2. The standard InChI is InChI=1S/C22H28BrNO3/c1-16(2)17-5-9-21(10-6-17)27-15-20(25)13-24-11-12-26-22(14-24)18-3-7-19(23)8-4-18/h3-10,16,20,22,25H,11-15H2,1-2H3. The van der Waals surface area contributed by atoms with Gasteiger partial charge in [0.1, 0.15) is 18.5 Å². The summed E-state index contributed by atoms with van der Waals surface area (Å²) >= 11 is 3.46. The number of hydrogen-bond donors (Lipinski definition) is 1. The van der Waals surface area contributed by atoms with Crippen LogP contribution in [-0.4, -0.2) is 49.0 Å². The van der Waals surface area contributed by atoms with Crippen LogP contribution in [0, 0.1) is 0 Å². The summed E-state index contributed by atoms with van der Waals surface area (Å²) < 4.78 is 12.7. The van der Waals surface area contributed by atoms with Crippen molar-refractivity contribution in [2.75, 3.05) is 32.8 Å². The third-order valence-electron chi connectivity index (χ3n) is 4.85. The maximum absolute atomic E-state index is 10.4. The van der Waals surface area contributed by atoms with E-state index in [0.29, 0.717) is 25.7 Å². The SMILES string of the molecule is CC(C)c1ccc(OCC(O)CN2CCOC(c3ccc(Br)cc3)C2)cc1. The molecule has 2 aromatic carbocycles. The van der Waals surface area contributed by atoms with Crippen LogP contribution in [0.4, 0.5) is 0 Å². The molecule has 0 saturated carbocycles. The number of rotatable bonds is 7.